The van der Waals surface area contributed by atoms with E-state index < -0.39 is 14.8 Å². The van der Waals surface area contributed by atoms with Gasteiger partial charge in [0.25, 0.3) is 5.69 Å². The lowest BCUT2D eigenvalue weighted by Gasteiger charge is -2.07. The number of benzene rings is 1. The fraction of sp³-hybridized carbons (Fsp3) is 0.455. The Balaban J connectivity index is 2.96. The fourth-order valence-electron chi connectivity index (χ4n) is 1.54. The van der Waals surface area contributed by atoms with E-state index in [-0.39, 0.29) is 10.6 Å². The molecule has 0 bridgehead atoms. The van der Waals surface area contributed by atoms with Gasteiger partial charge in [-0.25, -0.2) is 8.42 Å². The maximum absolute atomic E-state index is 11.4. The topological polar surface area (TPSA) is 115 Å². The first-order valence-electron chi connectivity index (χ1n) is 5.78. The predicted octanol–water partition coefficient (Wildman–Crippen LogP) is 1.15. The number of nitrogens with two attached hydrogens (primary N) is 1. The van der Waals surface area contributed by atoms with Gasteiger partial charge in [0.05, 0.1) is 9.82 Å². The highest BCUT2D eigenvalue weighted by atomic mass is 32.2. The Morgan fingerprint density at radius 3 is 2.58 bits per heavy atom. The number of sulfone groups is 1. The maximum Gasteiger partial charge on any atom is 0.293 e. The molecule has 7 nitrogen and oxygen atoms in total. The van der Waals surface area contributed by atoms with Crippen LogP contribution >= 0.6 is 0 Å². The minimum absolute atomic E-state index is 0.0632. The van der Waals surface area contributed by atoms with E-state index >= 15 is 0 Å². The van der Waals surface area contributed by atoms with Crippen molar-refractivity contribution in [3.8, 4) is 0 Å². The summed E-state index contributed by atoms with van der Waals surface area (Å²) in [6.07, 6.45) is 2.63. The first-order valence-corrected chi connectivity index (χ1v) is 7.68. The van der Waals surface area contributed by atoms with Gasteiger partial charge >= 0.3 is 0 Å². The first-order chi connectivity index (χ1) is 8.86. The van der Waals surface area contributed by atoms with Crippen LogP contribution in [0.3, 0.4) is 0 Å². The van der Waals surface area contributed by atoms with Crippen molar-refractivity contribution in [2.24, 2.45) is 5.73 Å². The number of hydrogen-bond donors (Lipinski definition) is 2. The van der Waals surface area contributed by atoms with Crippen molar-refractivity contribution in [1.82, 2.24) is 0 Å². The summed E-state index contributed by atoms with van der Waals surface area (Å²) in [5.74, 6) is 0. The highest BCUT2D eigenvalue weighted by molar-refractivity contribution is 7.90. The molecule has 0 aromatic heterocycles. The molecule has 8 heteroatoms. The third kappa shape index (κ3) is 4.49. The average molecular weight is 287 g/mol. The molecule has 0 saturated carbocycles. The fourth-order valence-corrected chi connectivity index (χ4v) is 2.18. The number of anilines is 1. The van der Waals surface area contributed by atoms with Gasteiger partial charge in [0.2, 0.25) is 0 Å². The lowest BCUT2D eigenvalue weighted by molar-refractivity contribution is -0.384. The molecular formula is C11H17N3O4S. The van der Waals surface area contributed by atoms with Gasteiger partial charge in [-0.1, -0.05) is 0 Å². The van der Waals surface area contributed by atoms with E-state index in [1.165, 1.54) is 12.1 Å². The minimum Gasteiger partial charge on any atom is -0.379 e. The van der Waals surface area contributed by atoms with Gasteiger partial charge in [-0.3, -0.25) is 10.1 Å². The molecule has 0 unspecified atom stereocenters. The third-order valence-electron chi connectivity index (χ3n) is 2.54. The van der Waals surface area contributed by atoms with E-state index in [2.05, 4.69) is 5.32 Å². The first kappa shape index (κ1) is 15.4. The van der Waals surface area contributed by atoms with Crippen molar-refractivity contribution in [1.29, 1.82) is 0 Å². The van der Waals surface area contributed by atoms with Gasteiger partial charge in [-0.15, -0.1) is 0 Å². The zero-order valence-corrected chi connectivity index (χ0v) is 11.4. The second-order valence-corrected chi connectivity index (χ2v) is 6.15. The molecule has 106 valence electrons. The molecule has 19 heavy (non-hydrogen) atoms. The summed E-state index contributed by atoms with van der Waals surface area (Å²) >= 11 is 0. The van der Waals surface area contributed by atoms with E-state index in [9.17, 15) is 18.5 Å². The molecule has 1 rings (SSSR count). The van der Waals surface area contributed by atoms with Crippen molar-refractivity contribution < 1.29 is 13.3 Å². The minimum atomic E-state index is -3.45. The zero-order chi connectivity index (χ0) is 14.5. The summed E-state index contributed by atoms with van der Waals surface area (Å²) in [5, 5.41) is 13.9. The van der Waals surface area contributed by atoms with Crippen LogP contribution in [0.2, 0.25) is 0 Å². The number of unbranched alkanes of at least 4 members (excludes halogenated alkanes) is 1. The van der Waals surface area contributed by atoms with E-state index in [0.29, 0.717) is 18.8 Å². The highest BCUT2D eigenvalue weighted by Gasteiger charge is 2.18. The Morgan fingerprint density at radius 1 is 1.37 bits per heavy atom. The predicted molar refractivity (Wildman–Crippen MR) is 73.0 cm³/mol. The van der Waals surface area contributed by atoms with Gasteiger partial charge in [-0.2, -0.15) is 0 Å². The van der Waals surface area contributed by atoms with Gasteiger partial charge in [0.15, 0.2) is 9.84 Å². The highest BCUT2D eigenvalue weighted by Crippen LogP contribution is 2.27. The zero-order valence-electron chi connectivity index (χ0n) is 10.6. The van der Waals surface area contributed by atoms with E-state index in [4.69, 9.17) is 5.73 Å². The molecule has 0 heterocycles. The number of nitrogens with zero attached hydrogens (tertiary/aromatic N) is 1. The van der Waals surface area contributed by atoms with Crippen LogP contribution in [0.15, 0.2) is 23.1 Å². The summed E-state index contributed by atoms with van der Waals surface area (Å²) in [4.78, 5) is 10.3. The Morgan fingerprint density at radius 2 is 2.05 bits per heavy atom. The third-order valence-corrected chi connectivity index (χ3v) is 3.65. The molecule has 1 aromatic carbocycles. The number of nitrogens with one attached hydrogen (secondary N) is 1. The Labute approximate surface area is 111 Å². The van der Waals surface area contributed by atoms with E-state index in [1.54, 1.807) is 0 Å². The Kier molecular flexibility index (Phi) is 5.25. The SMILES string of the molecule is CS(=O)(=O)c1ccc(NCCCCN)c([N+](=O)[O-])c1. The molecule has 1 aromatic rings. The van der Waals surface area contributed by atoms with Crippen LogP contribution in [0.1, 0.15) is 12.8 Å². The van der Waals surface area contributed by atoms with Crippen molar-refractivity contribution in [2.75, 3.05) is 24.7 Å². The van der Waals surface area contributed by atoms with Crippen molar-refractivity contribution in [2.45, 2.75) is 17.7 Å². The second kappa shape index (κ2) is 6.48. The van der Waals surface area contributed by atoms with Crippen LogP contribution in [0, 0.1) is 10.1 Å². The molecule has 0 aliphatic heterocycles. The van der Waals surface area contributed by atoms with E-state index in [1.807, 2.05) is 0 Å². The quantitative estimate of drug-likeness (QED) is 0.441. The molecule has 0 aliphatic carbocycles. The number of nitro groups is 1. The molecule has 0 spiro atoms. The summed E-state index contributed by atoms with van der Waals surface area (Å²) in [6.45, 7) is 1.12. The molecule has 0 aliphatic rings. The number of rotatable bonds is 7. The van der Waals surface area contributed by atoms with Gasteiger partial charge in [0.1, 0.15) is 5.69 Å². The van der Waals surface area contributed by atoms with Crippen molar-refractivity contribution in [3.63, 3.8) is 0 Å². The van der Waals surface area contributed by atoms with Gasteiger partial charge in [-0.05, 0) is 31.5 Å². The number of nitro benzene ring substituents is 1. The largest absolute Gasteiger partial charge is 0.379 e. The molecule has 0 amide bonds. The van der Waals surface area contributed by atoms with Crippen molar-refractivity contribution >= 4 is 21.2 Å². The summed E-state index contributed by atoms with van der Waals surface area (Å²) in [7, 11) is -3.45. The van der Waals surface area contributed by atoms with Crippen molar-refractivity contribution in [3.05, 3.63) is 28.3 Å². The lowest BCUT2D eigenvalue weighted by Crippen LogP contribution is -2.08. The standard InChI is InChI=1S/C11H17N3O4S/c1-19(17,18)9-4-5-10(11(8-9)14(15)16)13-7-3-2-6-12/h4-5,8,13H,2-3,6-7,12H2,1H3. The average Bonchev–Trinajstić information content (AvgIpc) is 2.33. The van der Waals surface area contributed by atoms with Gasteiger partial charge < -0.3 is 11.1 Å². The van der Waals surface area contributed by atoms with Crippen LogP contribution in [-0.2, 0) is 9.84 Å². The summed E-state index contributed by atoms with van der Waals surface area (Å²) < 4.78 is 22.7. The van der Waals surface area contributed by atoms with Crippen LogP contribution in [0.4, 0.5) is 11.4 Å². The van der Waals surface area contributed by atoms with Crippen LogP contribution < -0.4 is 11.1 Å². The van der Waals surface area contributed by atoms with Gasteiger partial charge in [0, 0.05) is 18.9 Å². The molecular weight excluding hydrogens is 270 g/mol. The molecule has 0 radical (unpaired) electrons. The summed E-state index contributed by atoms with van der Waals surface area (Å²) in [5.41, 5.74) is 5.43. The van der Waals surface area contributed by atoms with Crippen LogP contribution in [0.25, 0.3) is 0 Å². The van der Waals surface area contributed by atoms with E-state index in [0.717, 1.165) is 25.2 Å². The molecule has 0 atom stereocenters. The smallest absolute Gasteiger partial charge is 0.293 e. The Hall–Kier alpha value is -1.67. The monoisotopic (exact) mass is 287 g/mol. The molecule has 0 fully saturated rings. The van der Waals surface area contributed by atoms with Crippen LogP contribution in [-0.4, -0.2) is 32.7 Å². The molecule has 3 N–H and O–H groups in total. The van der Waals surface area contributed by atoms with Crippen LogP contribution in [0.5, 0.6) is 0 Å². The summed E-state index contributed by atoms with van der Waals surface area (Å²) in [6, 6.07) is 3.84. The maximum atomic E-state index is 11.4. The number of hydrogen-bond acceptors (Lipinski definition) is 6. The Bertz CT molecular complexity index is 557. The lowest BCUT2D eigenvalue weighted by atomic mass is 10.2. The molecule has 0 saturated heterocycles. The second-order valence-electron chi connectivity index (χ2n) is 4.13. The normalized spacial score (nSPS) is 11.3.